The molecule has 0 aromatic heterocycles. The molecule has 1 aliphatic heterocycles. The van der Waals surface area contributed by atoms with Gasteiger partial charge in [0, 0.05) is 33.2 Å². The van der Waals surface area contributed by atoms with Crippen LogP contribution in [0, 0.1) is 0 Å². The van der Waals surface area contributed by atoms with Crippen molar-refractivity contribution < 1.29 is 27.5 Å². The van der Waals surface area contributed by atoms with Crippen LogP contribution in [-0.4, -0.2) is 80.8 Å². The number of hydrogen-bond acceptors (Lipinski definition) is 4. The quantitative estimate of drug-likeness (QED) is 0.762. The van der Waals surface area contributed by atoms with Crippen LogP contribution in [0.3, 0.4) is 0 Å². The second-order valence-electron chi connectivity index (χ2n) is 4.49. The molecule has 1 aliphatic rings. The average Bonchev–Trinajstić information content (AvgIpc) is 2.38. The molecule has 1 N–H and O–H groups in total. The van der Waals surface area contributed by atoms with E-state index in [1.165, 1.54) is 7.05 Å². The number of amides is 2. The topological polar surface area (TPSA) is 61.9 Å². The van der Waals surface area contributed by atoms with Crippen LogP contribution in [0.2, 0.25) is 0 Å². The minimum atomic E-state index is -4.46. The largest absolute Gasteiger partial charge is 0.411 e. The van der Waals surface area contributed by atoms with E-state index >= 15 is 0 Å². The molecule has 0 unspecified atom stereocenters. The monoisotopic (exact) mass is 333 g/mol. The Kier molecular flexibility index (Phi) is 8.60. The number of likely N-dealkylation sites (N-methyl/N-ethyl adjacent to an activating group) is 1. The van der Waals surface area contributed by atoms with E-state index in [9.17, 15) is 22.8 Å². The number of nitrogens with zero attached hydrogens (tertiary/aromatic N) is 2. The first-order chi connectivity index (χ1) is 9.29. The molecule has 2 amide bonds. The normalized spacial score (nSPS) is 15.3. The fourth-order valence-electron chi connectivity index (χ4n) is 1.67. The number of halogens is 4. The van der Waals surface area contributed by atoms with Crippen LogP contribution >= 0.6 is 12.4 Å². The molecule has 1 fully saturated rings. The smallest absolute Gasteiger partial charge is 0.362 e. The summed E-state index contributed by atoms with van der Waals surface area (Å²) in [6.07, 6.45) is -4.46. The molecular weight excluding hydrogens is 315 g/mol. The SMILES string of the molecule is CN(CC(=O)N1CCNCC1)C(=O)COCC(F)(F)F.Cl. The highest BCUT2D eigenvalue weighted by atomic mass is 35.5. The van der Waals surface area contributed by atoms with Gasteiger partial charge in [-0.3, -0.25) is 9.59 Å². The van der Waals surface area contributed by atoms with Crippen LogP contribution in [0.25, 0.3) is 0 Å². The Balaban J connectivity index is 0.00000400. The average molecular weight is 334 g/mol. The van der Waals surface area contributed by atoms with E-state index in [0.29, 0.717) is 26.2 Å². The van der Waals surface area contributed by atoms with E-state index in [-0.39, 0.29) is 24.9 Å². The molecule has 1 rings (SSSR count). The Hall–Kier alpha value is -1.06. The number of carbonyl (C=O) groups excluding carboxylic acids is 2. The summed E-state index contributed by atoms with van der Waals surface area (Å²) in [5, 5.41) is 3.09. The number of nitrogens with one attached hydrogen (secondary N) is 1. The summed E-state index contributed by atoms with van der Waals surface area (Å²) in [6.45, 7) is 0.185. The summed E-state index contributed by atoms with van der Waals surface area (Å²) in [7, 11) is 1.36. The van der Waals surface area contributed by atoms with E-state index in [4.69, 9.17) is 0 Å². The van der Waals surface area contributed by atoms with Crippen molar-refractivity contribution in [3.63, 3.8) is 0 Å². The zero-order valence-corrected chi connectivity index (χ0v) is 12.4. The molecule has 6 nitrogen and oxygen atoms in total. The zero-order chi connectivity index (χ0) is 15.2. The molecule has 0 radical (unpaired) electrons. The summed E-state index contributed by atoms with van der Waals surface area (Å²) in [5.74, 6) is -0.879. The highest BCUT2D eigenvalue weighted by molar-refractivity contribution is 5.85. The molecule has 124 valence electrons. The van der Waals surface area contributed by atoms with Crippen LogP contribution in [0.1, 0.15) is 0 Å². The van der Waals surface area contributed by atoms with Gasteiger partial charge < -0.3 is 19.9 Å². The lowest BCUT2D eigenvalue weighted by Crippen LogP contribution is -2.50. The number of ether oxygens (including phenoxy) is 1. The fraction of sp³-hybridized carbons (Fsp3) is 0.818. The number of hydrogen-bond donors (Lipinski definition) is 1. The highest BCUT2D eigenvalue weighted by Gasteiger charge is 2.28. The van der Waals surface area contributed by atoms with Gasteiger partial charge in [0.25, 0.3) is 0 Å². The number of carbonyl (C=O) groups is 2. The first-order valence-corrected chi connectivity index (χ1v) is 6.16. The van der Waals surface area contributed by atoms with Crippen molar-refractivity contribution in [3.05, 3.63) is 0 Å². The van der Waals surface area contributed by atoms with Gasteiger partial charge in [-0.25, -0.2) is 0 Å². The van der Waals surface area contributed by atoms with Crippen molar-refractivity contribution in [1.29, 1.82) is 0 Å². The molecule has 0 spiro atoms. The Morgan fingerprint density at radius 1 is 1.29 bits per heavy atom. The van der Waals surface area contributed by atoms with Crippen molar-refractivity contribution in [1.82, 2.24) is 15.1 Å². The third kappa shape index (κ3) is 8.08. The first-order valence-electron chi connectivity index (χ1n) is 6.16. The van der Waals surface area contributed by atoms with Crippen molar-refractivity contribution in [3.8, 4) is 0 Å². The van der Waals surface area contributed by atoms with Gasteiger partial charge in [-0.05, 0) is 0 Å². The van der Waals surface area contributed by atoms with Gasteiger partial charge in [-0.1, -0.05) is 0 Å². The third-order valence-electron chi connectivity index (χ3n) is 2.76. The summed E-state index contributed by atoms with van der Waals surface area (Å²) in [6, 6.07) is 0. The van der Waals surface area contributed by atoms with Gasteiger partial charge in [0.05, 0.1) is 6.54 Å². The fourth-order valence-corrected chi connectivity index (χ4v) is 1.67. The van der Waals surface area contributed by atoms with Gasteiger partial charge in [0.15, 0.2) is 0 Å². The number of rotatable bonds is 5. The molecule has 21 heavy (non-hydrogen) atoms. The van der Waals surface area contributed by atoms with Crippen molar-refractivity contribution in [2.45, 2.75) is 6.18 Å². The predicted molar refractivity (Wildman–Crippen MR) is 71.2 cm³/mol. The minimum absolute atomic E-state index is 0. The summed E-state index contributed by atoms with van der Waals surface area (Å²) in [4.78, 5) is 26.0. The maximum Gasteiger partial charge on any atom is 0.411 e. The van der Waals surface area contributed by atoms with Crippen molar-refractivity contribution in [2.24, 2.45) is 0 Å². The lowest BCUT2D eigenvalue weighted by Gasteiger charge is -2.29. The number of alkyl halides is 3. The van der Waals surface area contributed by atoms with Crippen LogP contribution in [0.5, 0.6) is 0 Å². The van der Waals surface area contributed by atoms with Gasteiger partial charge in [-0.15, -0.1) is 12.4 Å². The Bertz CT molecular complexity index is 349. The van der Waals surface area contributed by atoms with Crippen LogP contribution in [0.15, 0.2) is 0 Å². The summed E-state index contributed by atoms with van der Waals surface area (Å²) >= 11 is 0. The van der Waals surface area contributed by atoms with E-state index in [0.717, 1.165) is 4.90 Å². The molecule has 0 aliphatic carbocycles. The second-order valence-corrected chi connectivity index (χ2v) is 4.49. The summed E-state index contributed by atoms with van der Waals surface area (Å²) in [5.41, 5.74) is 0. The Morgan fingerprint density at radius 3 is 2.38 bits per heavy atom. The molecule has 0 bridgehead atoms. The van der Waals surface area contributed by atoms with Gasteiger partial charge in [0.1, 0.15) is 13.2 Å². The van der Waals surface area contributed by atoms with Gasteiger partial charge in [0.2, 0.25) is 11.8 Å². The third-order valence-corrected chi connectivity index (χ3v) is 2.76. The molecule has 0 aromatic rings. The van der Waals surface area contributed by atoms with E-state index in [1.807, 2.05) is 0 Å². The van der Waals surface area contributed by atoms with Crippen LogP contribution < -0.4 is 5.32 Å². The Labute approximate surface area is 127 Å². The highest BCUT2D eigenvalue weighted by Crippen LogP contribution is 2.14. The standard InChI is InChI=1S/C11H18F3N3O3.ClH/c1-16(10(19)7-20-8-11(12,13)14)6-9(18)17-4-2-15-3-5-17;/h15H,2-8H2,1H3;1H. The maximum absolute atomic E-state index is 11.8. The van der Waals surface area contributed by atoms with Crippen molar-refractivity contribution in [2.75, 3.05) is 53.0 Å². The number of piperazine rings is 1. The molecule has 0 saturated carbocycles. The molecule has 10 heteroatoms. The van der Waals surface area contributed by atoms with E-state index < -0.39 is 25.3 Å². The minimum Gasteiger partial charge on any atom is -0.362 e. The van der Waals surface area contributed by atoms with Crippen molar-refractivity contribution >= 4 is 24.2 Å². The van der Waals surface area contributed by atoms with Crippen LogP contribution in [-0.2, 0) is 14.3 Å². The molecule has 1 heterocycles. The first kappa shape index (κ1) is 19.9. The molecule has 0 atom stereocenters. The van der Waals surface area contributed by atoms with Gasteiger partial charge >= 0.3 is 6.18 Å². The van der Waals surface area contributed by atoms with Crippen LogP contribution in [0.4, 0.5) is 13.2 Å². The lowest BCUT2D eigenvalue weighted by atomic mass is 10.3. The van der Waals surface area contributed by atoms with Gasteiger partial charge in [-0.2, -0.15) is 13.2 Å². The molecule has 1 saturated heterocycles. The zero-order valence-electron chi connectivity index (χ0n) is 11.6. The van der Waals surface area contributed by atoms with E-state index in [1.54, 1.807) is 4.90 Å². The maximum atomic E-state index is 11.8. The molecular formula is C11H19ClF3N3O3. The Morgan fingerprint density at radius 2 is 1.86 bits per heavy atom. The second kappa shape index (κ2) is 9.06. The lowest BCUT2D eigenvalue weighted by molar-refractivity contribution is -0.177. The van der Waals surface area contributed by atoms with E-state index in [2.05, 4.69) is 10.1 Å². The summed E-state index contributed by atoms with van der Waals surface area (Å²) < 4.78 is 39.8. The predicted octanol–water partition coefficient (Wildman–Crippen LogP) is -0.123. The molecule has 0 aromatic carbocycles.